The molecule has 0 bridgehead atoms. The summed E-state index contributed by atoms with van der Waals surface area (Å²) in [5.74, 6) is -0.200. The number of benzene rings is 1. The first-order chi connectivity index (χ1) is 10.6. The lowest BCUT2D eigenvalue weighted by molar-refractivity contribution is -0.149. The number of carbonyl (C=O) groups excluding carboxylic acids is 1. The number of rotatable bonds is 6. The SMILES string of the molecule is CC(C)(C)OC(=O)/C(=C\[Si](C)(C)C)C/C=C/Sc1ccccc1. The van der Waals surface area contributed by atoms with Crippen LogP contribution in [0.1, 0.15) is 27.2 Å². The first-order valence-electron chi connectivity index (χ1n) is 7.89. The molecule has 0 aromatic heterocycles. The quantitative estimate of drug-likeness (QED) is 0.280. The van der Waals surface area contributed by atoms with Crippen LogP contribution in [0.5, 0.6) is 0 Å². The van der Waals surface area contributed by atoms with E-state index in [1.165, 1.54) is 4.90 Å². The first-order valence-corrected chi connectivity index (χ1v) is 12.3. The van der Waals surface area contributed by atoms with E-state index in [1.54, 1.807) is 11.8 Å². The molecule has 1 rings (SSSR count). The average Bonchev–Trinajstić information content (AvgIpc) is 2.40. The number of hydrogen-bond donors (Lipinski definition) is 0. The summed E-state index contributed by atoms with van der Waals surface area (Å²) in [5, 5.41) is 2.04. The molecule has 0 aliphatic carbocycles. The molecule has 0 spiro atoms. The van der Waals surface area contributed by atoms with Gasteiger partial charge in [-0.15, -0.1) is 0 Å². The van der Waals surface area contributed by atoms with E-state index in [9.17, 15) is 4.79 Å². The van der Waals surface area contributed by atoms with Crippen molar-refractivity contribution in [3.8, 4) is 0 Å². The van der Waals surface area contributed by atoms with Gasteiger partial charge in [-0.3, -0.25) is 0 Å². The fraction of sp³-hybridized carbons (Fsp3) is 0.421. The van der Waals surface area contributed by atoms with E-state index in [4.69, 9.17) is 4.74 Å². The molecule has 0 atom stereocenters. The highest BCUT2D eigenvalue weighted by Crippen LogP contribution is 2.21. The van der Waals surface area contributed by atoms with Crippen LogP contribution in [0, 0.1) is 0 Å². The molecule has 1 aromatic rings. The van der Waals surface area contributed by atoms with Crippen molar-refractivity contribution in [3.63, 3.8) is 0 Å². The van der Waals surface area contributed by atoms with Crippen LogP contribution in [-0.4, -0.2) is 19.6 Å². The molecular formula is C19H28O2SSi. The second kappa shape index (κ2) is 8.55. The molecule has 126 valence electrons. The Bertz CT molecular complexity index is 563. The Morgan fingerprint density at radius 1 is 1.17 bits per heavy atom. The Hall–Kier alpha value is -1.26. The third-order valence-electron chi connectivity index (χ3n) is 2.65. The molecule has 23 heavy (non-hydrogen) atoms. The smallest absolute Gasteiger partial charge is 0.334 e. The number of esters is 1. The van der Waals surface area contributed by atoms with Crippen molar-refractivity contribution >= 4 is 25.8 Å². The highest BCUT2D eigenvalue weighted by Gasteiger charge is 2.21. The molecule has 1 aromatic carbocycles. The third kappa shape index (κ3) is 9.46. The maximum atomic E-state index is 12.4. The van der Waals surface area contributed by atoms with Crippen molar-refractivity contribution in [1.29, 1.82) is 0 Å². The highest BCUT2D eigenvalue weighted by atomic mass is 32.2. The number of thioether (sulfide) groups is 1. The molecule has 0 N–H and O–H groups in total. The summed E-state index contributed by atoms with van der Waals surface area (Å²) in [6.07, 6.45) is 2.65. The summed E-state index contributed by atoms with van der Waals surface area (Å²) in [7, 11) is -1.49. The third-order valence-corrected chi connectivity index (χ3v) is 4.74. The summed E-state index contributed by atoms with van der Waals surface area (Å²) >= 11 is 1.66. The van der Waals surface area contributed by atoms with Crippen molar-refractivity contribution in [2.24, 2.45) is 0 Å². The zero-order valence-electron chi connectivity index (χ0n) is 15.1. The molecule has 0 aliphatic heterocycles. The number of allylic oxidation sites excluding steroid dienone is 1. The van der Waals surface area contributed by atoms with Gasteiger partial charge in [-0.25, -0.2) is 4.79 Å². The zero-order valence-corrected chi connectivity index (χ0v) is 16.9. The Balaban J connectivity index is 2.74. The minimum absolute atomic E-state index is 0.200. The van der Waals surface area contributed by atoms with Gasteiger partial charge >= 0.3 is 5.97 Å². The van der Waals surface area contributed by atoms with Gasteiger partial charge in [-0.1, -0.05) is 61.4 Å². The van der Waals surface area contributed by atoms with E-state index in [0.717, 1.165) is 5.57 Å². The Kier molecular flexibility index (Phi) is 7.35. The lowest BCUT2D eigenvalue weighted by Gasteiger charge is -2.21. The molecule has 0 aliphatic rings. The average molecular weight is 349 g/mol. The van der Waals surface area contributed by atoms with Crippen LogP contribution < -0.4 is 0 Å². The topological polar surface area (TPSA) is 26.3 Å². The van der Waals surface area contributed by atoms with Crippen molar-refractivity contribution in [3.05, 3.63) is 53.1 Å². The maximum Gasteiger partial charge on any atom is 0.334 e. The molecule has 0 unspecified atom stereocenters. The van der Waals surface area contributed by atoms with Gasteiger partial charge in [-0.2, -0.15) is 0 Å². The predicted molar refractivity (Wildman–Crippen MR) is 103 cm³/mol. The number of carbonyl (C=O) groups is 1. The van der Waals surface area contributed by atoms with Gasteiger partial charge in [0.05, 0.1) is 8.07 Å². The second-order valence-corrected chi connectivity index (χ2v) is 13.5. The Labute approximate surface area is 146 Å². The molecule has 0 fully saturated rings. The van der Waals surface area contributed by atoms with Crippen LogP contribution in [0.15, 0.2) is 58.0 Å². The summed E-state index contributed by atoms with van der Waals surface area (Å²) in [6, 6.07) is 10.2. The van der Waals surface area contributed by atoms with E-state index in [1.807, 2.05) is 50.5 Å². The lowest BCUT2D eigenvalue weighted by Crippen LogP contribution is -2.27. The fourth-order valence-electron chi connectivity index (χ4n) is 1.87. The van der Waals surface area contributed by atoms with Crippen molar-refractivity contribution in [2.75, 3.05) is 0 Å². The summed E-state index contributed by atoms with van der Waals surface area (Å²) in [6.45, 7) is 12.4. The van der Waals surface area contributed by atoms with E-state index in [-0.39, 0.29) is 5.97 Å². The van der Waals surface area contributed by atoms with E-state index in [2.05, 4.69) is 37.5 Å². The minimum atomic E-state index is -1.49. The molecule has 0 heterocycles. The monoisotopic (exact) mass is 348 g/mol. The van der Waals surface area contributed by atoms with Crippen LogP contribution in [0.2, 0.25) is 19.6 Å². The normalized spacial score (nSPS) is 13.4. The Morgan fingerprint density at radius 3 is 2.30 bits per heavy atom. The predicted octanol–water partition coefficient (Wildman–Crippen LogP) is 5.83. The van der Waals surface area contributed by atoms with E-state index < -0.39 is 13.7 Å². The van der Waals surface area contributed by atoms with Crippen LogP contribution in [-0.2, 0) is 9.53 Å². The van der Waals surface area contributed by atoms with Gasteiger partial charge in [0.2, 0.25) is 0 Å². The molecule has 0 saturated carbocycles. The number of hydrogen-bond acceptors (Lipinski definition) is 3. The standard InChI is InChI=1S/C19H28O2SSi/c1-19(2,3)21-18(20)16(15-23(4,5)6)11-10-14-22-17-12-8-7-9-13-17/h7-10,12-15H,11H2,1-6H3/b14-10+,16-15-. The van der Waals surface area contributed by atoms with Gasteiger partial charge in [-0.05, 0) is 44.7 Å². The first kappa shape index (κ1) is 19.8. The van der Waals surface area contributed by atoms with Crippen molar-refractivity contribution < 1.29 is 9.53 Å². The van der Waals surface area contributed by atoms with Gasteiger partial charge < -0.3 is 4.74 Å². The van der Waals surface area contributed by atoms with Gasteiger partial charge in [0.25, 0.3) is 0 Å². The van der Waals surface area contributed by atoms with Gasteiger partial charge in [0, 0.05) is 10.5 Å². The molecule has 0 amide bonds. The largest absolute Gasteiger partial charge is 0.457 e. The maximum absolute atomic E-state index is 12.4. The molecular weight excluding hydrogens is 320 g/mol. The van der Waals surface area contributed by atoms with Crippen molar-refractivity contribution in [2.45, 2.75) is 57.3 Å². The Morgan fingerprint density at radius 2 is 1.78 bits per heavy atom. The van der Waals surface area contributed by atoms with E-state index in [0.29, 0.717) is 6.42 Å². The van der Waals surface area contributed by atoms with Crippen LogP contribution >= 0.6 is 11.8 Å². The molecule has 4 heteroatoms. The molecule has 0 saturated heterocycles. The zero-order chi connectivity index (χ0) is 17.5. The van der Waals surface area contributed by atoms with Gasteiger partial charge in [0.15, 0.2) is 0 Å². The molecule has 0 radical (unpaired) electrons. The minimum Gasteiger partial charge on any atom is -0.457 e. The van der Waals surface area contributed by atoms with Crippen molar-refractivity contribution in [1.82, 2.24) is 0 Å². The lowest BCUT2D eigenvalue weighted by atomic mass is 10.1. The summed E-state index contributed by atoms with van der Waals surface area (Å²) in [5.41, 5.74) is 2.44. The van der Waals surface area contributed by atoms with Crippen LogP contribution in [0.25, 0.3) is 0 Å². The van der Waals surface area contributed by atoms with Crippen LogP contribution in [0.4, 0.5) is 0 Å². The molecule has 2 nitrogen and oxygen atoms in total. The second-order valence-electron chi connectivity index (χ2n) is 7.54. The van der Waals surface area contributed by atoms with E-state index >= 15 is 0 Å². The number of ether oxygens (including phenoxy) is 1. The summed E-state index contributed by atoms with van der Waals surface area (Å²) in [4.78, 5) is 13.6. The fourth-order valence-corrected chi connectivity index (χ4v) is 3.81. The summed E-state index contributed by atoms with van der Waals surface area (Å²) < 4.78 is 5.54. The highest BCUT2D eigenvalue weighted by molar-refractivity contribution is 8.02. The van der Waals surface area contributed by atoms with Gasteiger partial charge in [0.1, 0.15) is 5.60 Å². The van der Waals surface area contributed by atoms with Crippen LogP contribution in [0.3, 0.4) is 0 Å².